The molecule has 1 saturated heterocycles. The van der Waals surface area contributed by atoms with Gasteiger partial charge in [-0.2, -0.15) is 0 Å². The second kappa shape index (κ2) is 7.96. The summed E-state index contributed by atoms with van der Waals surface area (Å²) in [7, 11) is 1.62. The van der Waals surface area contributed by atoms with Gasteiger partial charge in [0.25, 0.3) is 0 Å². The van der Waals surface area contributed by atoms with E-state index in [1.165, 1.54) is 6.07 Å². The zero-order valence-corrected chi connectivity index (χ0v) is 17.6. The molecule has 154 valence electrons. The third-order valence-electron chi connectivity index (χ3n) is 5.32. The maximum Gasteiger partial charge on any atom is 0.238 e. The van der Waals surface area contributed by atoms with E-state index in [9.17, 15) is 9.59 Å². The number of hydrogen-bond acceptors (Lipinski definition) is 5. The molecule has 1 aliphatic heterocycles. The molecule has 3 aromatic carbocycles. The van der Waals surface area contributed by atoms with Gasteiger partial charge < -0.3 is 9.15 Å². The Kier molecular flexibility index (Phi) is 5.00. The van der Waals surface area contributed by atoms with E-state index in [0.29, 0.717) is 28.2 Å². The molecule has 6 heteroatoms. The van der Waals surface area contributed by atoms with Crippen LogP contribution in [0.4, 0.5) is 5.69 Å². The fourth-order valence-electron chi connectivity index (χ4n) is 3.76. The Balaban J connectivity index is 1.55. The number of hydrogen-bond donors (Lipinski definition) is 0. The molecule has 2 heterocycles. The van der Waals surface area contributed by atoms with Gasteiger partial charge in [0.15, 0.2) is 5.43 Å². The minimum Gasteiger partial charge on any atom is -0.497 e. The van der Waals surface area contributed by atoms with Gasteiger partial charge >= 0.3 is 0 Å². The Bertz CT molecular complexity index is 1320. The van der Waals surface area contributed by atoms with E-state index < -0.39 is 0 Å². The fourth-order valence-corrected chi connectivity index (χ4v) is 4.93. The molecule has 1 atom stereocenters. The zero-order chi connectivity index (χ0) is 21.4. The van der Waals surface area contributed by atoms with Gasteiger partial charge in [-0.3, -0.25) is 14.5 Å². The standard InChI is InChI=1S/C25H19NO4S/c1-29-19-10-7-17(8-11-19)25-26(24(28)15-31-25)18-9-12-22-20(13-18)21(27)14-23(30-22)16-5-3-2-4-6-16/h2-14,25H,15H2,1H3. The van der Waals surface area contributed by atoms with E-state index in [-0.39, 0.29) is 16.7 Å². The molecule has 0 radical (unpaired) electrons. The number of rotatable bonds is 4. The first kappa shape index (κ1) is 19.5. The second-order valence-corrected chi connectivity index (χ2v) is 8.29. The molecule has 1 unspecified atom stereocenters. The summed E-state index contributed by atoms with van der Waals surface area (Å²) < 4.78 is 11.2. The highest BCUT2D eigenvalue weighted by molar-refractivity contribution is 8.00. The normalized spacial score (nSPS) is 16.1. The summed E-state index contributed by atoms with van der Waals surface area (Å²) in [6, 6.07) is 24.1. The topological polar surface area (TPSA) is 59.8 Å². The molecular weight excluding hydrogens is 410 g/mol. The van der Waals surface area contributed by atoms with Gasteiger partial charge in [0.1, 0.15) is 22.5 Å². The molecule has 0 spiro atoms. The first-order valence-corrected chi connectivity index (χ1v) is 10.9. The molecule has 0 N–H and O–H groups in total. The highest BCUT2D eigenvalue weighted by Crippen LogP contribution is 2.42. The maximum atomic E-state index is 12.9. The fraction of sp³-hybridized carbons (Fsp3) is 0.120. The molecule has 1 aromatic heterocycles. The van der Waals surface area contributed by atoms with Crippen LogP contribution in [0.2, 0.25) is 0 Å². The lowest BCUT2D eigenvalue weighted by Crippen LogP contribution is -2.27. The van der Waals surface area contributed by atoms with Crippen molar-refractivity contribution < 1.29 is 13.9 Å². The Morgan fingerprint density at radius 3 is 2.48 bits per heavy atom. The van der Waals surface area contributed by atoms with Crippen molar-refractivity contribution in [2.75, 3.05) is 17.8 Å². The molecule has 5 rings (SSSR count). The largest absolute Gasteiger partial charge is 0.497 e. The first-order chi connectivity index (χ1) is 15.1. The maximum absolute atomic E-state index is 12.9. The third kappa shape index (κ3) is 3.59. The summed E-state index contributed by atoms with van der Waals surface area (Å²) in [5.74, 6) is 1.68. The quantitative estimate of drug-likeness (QED) is 0.444. The van der Waals surface area contributed by atoms with E-state index >= 15 is 0 Å². The summed E-state index contributed by atoms with van der Waals surface area (Å²) in [5, 5.41) is 0.293. The lowest BCUT2D eigenvalue weighted by atomic mass is 10.1. The van der Waals surface area contributed by atoms with Gasteiger partial charge in [-0.1, -0.05) is 42.5 Å². The number of benzene rings is 3. The summed E-state index contributed by atoms with van der Waals surface area (Å²) in [6.07, 6.45) is 0. The van der Waals surface area contributed by atoms with Crippen molar-refractivity contribution in [2.24, 2.45) is 0 Å². The monoisotopic (exact) mass is 429 g/mol. The third-order valence-corrected chi connectivity index (χ3v) is 6.53. The Labute approximate surface area is 183 Å². The summed E-state index contributed by atoms with van der Waals surface area (Å²) in [5.41, 5.74) is 2.89. The van der Waals surface area contributed by atoms with Crippen molar-refractivity contribution >= 4 is 34.3 Å². The number of ether oxygens (including phenoxy) is 1. The van der Waals surface area contributed by atoms with Crippen LogP contribution in [-0.4, -0.2) is 18.8 Å². The minimum atomic E-state index is -0.161. The number of carbonyl (C=O) groups is 1. The lowest BCUT2D eigenvalue weighted by Gasteiger charge is -2.24. The zero-order valence-electron chi connectivity index (χ0n) is 16.8. The molecular formula is C25H19NO4S. The number of anilines is 1. The van der Waals surface area contributed by atoms with E-state index in [1.807, 2.05) is 60.7 Å². The average Bonchev–Trinajstić information content (AvgIpc) is 3.20. The van der Waals surface area contributed by atoms with Crippen molar-refractivity contribution in [3.63, 3.8) is 0 Å². The van der Waals surface area contributed by atoms with Crippen molar-refractivity contribution in [3.05, 3.63) is 94.6 Å². The molecule has 0 aliphatic carbocycles. The van der Waals surface area contributed by atoms with Gasteiger partial charge in [-0.25, -0.2) is 0 Å². The first-order valence-electron chi connectivity index (χ1n) is 9.85. The van der Waals surface area contributed by atoms with Crippen molar-refractivity contribution in [2.45, 2.75) is 5.37 Å². The summed E-state index contributed by atoms with van der Waals surface area (Å²) in [6.45, 7) is 0. The number of nitrogens with zero attached hydrogens (tertiary/aromatic N) is 1. The molecule has 1 aliphatic rings. The Morgan fingerprint density at radius 1 is 0.968 bits per heavy atom. The Morgan fingerprint density at radius 2 is 1.74 bits per heavy atom. The molecule has 31 heavy (non-hydrogen) atoms. The van der Waals surface area contributed by atoms with E-state index in [1.54, 1.807) is 35.9 Å². The van der Waals surface area contributed by atoms with Crippen molar-refractivity contribution in [3.8, 4) is 17.1 Å². The number of methoxy groups -OCH3 is 1. The molecule has 5 nitrogen and oxygen atoms in total. The Hall–Kier alpha value is -3.51. The van der Waals surface area contributed by atoms with Crippen molar-refractivity contribution in [1.82, 2.24) is 0 Å². The van der Waals surface area contributed by atoms with Gasteiger partial charge in [0, 0.05) is 17.3 Å². The van der Waals surface area contributed by atoms with E-state index in [2.05, 4.69) is 0 Å². The molecule has 1 fully saturated rings. The van der Waals surface area contributed by atoms with Gasteiger partial charge in [-0.15, -0.1) is 11.8 Å². The van der Waals surface area contributed by atoms with Crippen LogP contribution >= 0.6 is 11.8 Å². The summed E-state index contributed by atoms with van der Waals surface area (Å²) >= 11 is 1.56. The van der Waals surface area contributed by atoms with Crippen LogP contribution in [0.5, 0.6) is 5.75 Å². The summed E-state index contributed by atoms with van der Waals surface area (Å²) in [4.78, 5) is 27.3. The van der Waals surface area contributed by atoms with E-state index in [0.717, 1.165) is 16.9 Å². The number of fused-ring (bicyclic) bond motifs is 1. The highest BCUT2D eigenvalue weighted by Gasteiger charge is 2.34. The number of amides is 1. The van der Waals surface area contributed by atoms with Gasteiger partial charge in [0.05, 0.1) is 18.2 Å². The van der Waals surface area contributed by atoms with Crippen molar-refractivity contribution in [1.29, 1.82) is 0 Å². The number of thioether (sulfide) groups is 1. The molecule has 0 bridgehead atoms. The second-order valence-electron chi connectivity index (χ2n) is 7.22. The predicted molar refractivity (Wildman–Crippen MR) is 124 cm³/mol. The van der Waals surface area contributed by atoms with Crippen LogP contribution in [0.25, 0.3) is 22.3 Å². The van der Waals surface area contributed by atoms with Crippen LogP contribution in [0.15, 0.2) is 88.1 Å². The van der Waals surface area contributed by atoms with Crippen LogP contribution in [0, 0.1) is 0 Å². The molecule has 4 aromatic rings. The van der Waals surface area contributed by atoms with Crippen LogP contribution in [0.1, 0.15) is 10.9 Å². The molecule has 0 saturated carbocycles. The van der Waals surface area contributed by atoms with E-state index in [4.69, 9.17) is 9.15 Å². The minimum absolute atomic E-state index is 0.00969. The highest BCUT2D eigenvalue weighted by atomic mass is 32.2. The average molecular weight is 429 g/mol. The predicted octanol–water partition coefficient (Wildman–Crippen LogP) is 5.25. The van der Waals surface area contributed by atoms with Gasteiger partial charge in [-0.05, 0) is 35.9 Å². The smallest absolute Gasteiger partial charge is 0.238 e. The van der Waals surface area contributed by atoms with Crippen LogP contribution < -0.4 is 15.1 Å². The number of carbonyl (C=O) groups excluding carboxylic acids is 1. The SMILES string of the molecule is COc1ccc(C2SCC(=O)N2c2ccc3oc(-c4ccccc4)cc(=O)c3c2)cc1. The van der Waals surface area contributed by atoms with Crippen LogP contribution in [-0.2, 0) is 4.79 Å². The lowest BCUT2D eigenvalue weighted by molar-refractivity contribution is -0.115. The van der Waals surface area contributed by atoms with Gasteiger partial charge in [0.2, 0.25) is 5.91 Å². The van der Waals surface area contributed by atoms with Crippen LogP contribution in [0.3, 0.4) is 0 Å². The molecule has 1 amide bonds.